The predicted octanol–water partition coefficient (Wildman–Crippen LogP) is 1.43. The summed E-state index contributed by atoms with van der Waals surface area (Å²) in [6.07, 6.45) is 4.17. The lowest BCUT2D eigenvalue weighted by Gasteiger charge is -2.28. The van der Waals surface area contributed by atoms with Gasteiger partial charge in [-0.1, -0.05) is 30.3 Å². The zero-order chi connectivity index (χ0) is 18.6. The van der Waals surface area contributed by atoms with E-state index in [0.29, 0.717) is 25.6 Å². The van der Waals surface area contributed by atoms with Gasteiger partial charge in [0.15, 0.2) is 0 Å². The third kappa shape index (κ3) is 3.90. The smallest absolute Gasteiger partial charge is 0.226 e. The summed E-state index contributed by atoms with van der Waals surface area (Å²) in [7, 11) is 0. The molecule has 2 atom stereocenters. The second-order valence-electron chi connectivity index (χ2n) is 6.78. The molecule has 2 aromatic heterocycles. The van der Waals surface area contributed by atoms with Crippen molar-refractivity contribution in [3.8, 4) is 0 Å². The van der Waals surface area contributed by atoms with Gasteiger partial charge in [-0.2, -0.15) is 0 Å². The van der Waals surface area contributed by atoms with Crippen LogP contribution in [0.2, 0.25) is 0 Å². The number of fused-ring (bicyclic) bond motifs is 1. The van der Waals surface area contributed by atoms with Crippen LogP contribution in [0.3, 0.4) is 0 Å². The highest BCUT2D eigenvalue weighted by Gasteiger charge is 2.23. The molecule has 0 bridgehead atoms. The van der Waals surface area contributed by atoms with Crippen molar-refractivity contribution < 1.29 is 4.74 Å². The summed E-state index contributed by atoms with van der Waals surface area (Å²) in [5, 5.41) is 0.901. The second-order valence-corrected chi connectivity index (χ2v) is 6.78. The van der Waals surface area contributed by atoms with Crippen molar-refractivity contribution in [2.45, 2.75) is 18.5 Å². The Bertz CT molecular complexity index is 897. The monoisotopic (exact) mass is 364 g/mol. The Morgan fingerprint density at radius 3 is 2.59 bits per heavy atom. The first-order chi connectivity index (χ1) is 13.2. The fourth-order valence-corrected chi connectivity index (χ4v) is 3.37. The minimum absolute atomic E-state index is 0.254. The quantitative estimate of drug-likeness (QED) is 0.706. The lowest BCUT2D eigenvalue weighted by atomic mass is 9.96. The van der Waals surface area contributed by atoms with E-state index in [2.05, 4.69) is 27.0 Å². The summed E-state index contributed by atoms with van der Waals surface area (Å²) in [4.78, 5) is 15.8. The molecule has 3 heterocycles. The van der Waals surface area contributed by atoms with E-state index in [0.717, 1.165) is 35.2 Å². The molecular weight excluding hydrogens is 340 g/mol. The Morgan fingerprint density at radius 2 is 1.81 bits per heavy atom. The summed E-state index contributed by atoms with van der Waals surface area (Å²) in [6, 6.07) is 11.4. The van der Waals surface area contributed by atoms with Crippen LogP contribution in [-0.4, -0.2) is 47.3 Å². The van der Waals surface area contributed by atoms with Crippen LogP contribution in [0.4, 0.5) is 5.95 Å². The zero-order valence-corrected chi connectivity index (χ0v) is 15.2. The van der Waals surface area contributed by atoms with Gasteiger partial charge >= 0.3 is 0 Å². The minimum Gasteiger partial charge on any atom is -0.378 e. The molecule has 4 N–H and O–H groups in total. The van der Waals surface area contributed by atoms with Crippen molar-refractivity contribution in [1.82, 2.24) is 15.0 Å². The minimum atomic E-state index is -0.405. The molecule has 0 aliphatic carbocycles. The number of benzene rings is 1. The number of morpholine rings is 1. The number of nitrogens with zero attached hydrogens (tertiary/aromatic N) is 4. The van der Waals surface area contributed by atoms with E-state index < -0.39 is 6.04 Å². The highest BCUT2D eigenvalue weighted by Crippen LogP contribution is 2.25. The predicted molar refractivity (Wildman–Crippen MR) is 105 cm³/mol. The van der Waals surface area contributed by atoms with E-state index in [1.807, 2.05) is 24.3 Å². The number of aromatic nitrogens is 3. The van der Waals surface area contributed by atoms with Gasteiger partial charge in [0.2, 0.25) is 5.95 Å². The van der Waals surface area contributed by atoms with Gasteiger partial charge in [-0.05, 0) is 18.1 Å². The van der Waals surface area contributed by atoms with Gasteiger partial charge in [0, 0.05) is 30.7 Å². The lowest BCUT2D eigenvalue weighted by molar-refractivity contribution is 0.122. The number of hydrogen-bond acceptors (Lipinski definition) is 7. The molecule has 140 valence electrons. The Kier molecular flexibility index (Phi) is 5.24. The molecule has 1 aliphatic rings. The summed E-state index contributed by atoms with van der Waals surface area (Å²) >= 11 is 0. The third-order valence-electron chi connectivity index (χ3n) is 4.90. The normalized spacial score (nSPS) is 17.0. The molecule has 27 heavy (non-hydrogen) atoms. The Hall–Kier alpha value is -2.61. The summed E-state index contributed by atoms with van der Waals surface area (Å²) in [5.74, 6) is 0.663. The number of anilines is 1. The highest BCUT2D eigenvalue weighted by molar-refractivity contribution is 5.81. The van der Waals surface area contributed by atoms with Crippen molar-refractivity contribution in [1.29, 1.82) is 0 Å². The summed E-state index contributed by atoms with van der Waals surface area (Å²) < 4.78 is 5.44. The maximum atomic E-state index is 6.57. The SMILES string of the molecule is NC(Cc1ccccc1)C(N)c1nc(N2CCOCC2)nc2cnccc12. The van der Waals surface area contributed by atoms with Crippen molar-refractivity contribution in [3.63, 3.8) is 0 Å². The van der Waals surface area contributed by atoms with Crippen molar-refractivity contribution in [2.75, 3.05) is 31.2 Å². The first-order valence-electron chi connectivity index (χ1n) is 9.22. The van der Waals surface area contributed by atoms with Gasteiger partial charge < -0.3 is 21.1 Å². The van der Waals surface area contributed by atoms with Crippen LogP contribution in [0.25, 0.3) is 10.9 Å². The molecule has 3 aromatic rings. The standard InChI is InChI=1S/C20H24N6O/c21-16(12-14-4-2-1-3-5-14)18(22)19-15-6-7-23-13-17(15)24-20(25-19)26-8-10-27-11-9-26/h1-7,13,16,18H,8-12,21-22H2. The van der Waals surface area contributed by atoms with E-state index in [4.69, 9.17) is 21.2 Å². The van der Waals surface area contributed by atoms with Crippen LogP contribution in [0.1, 0.15) is 17.3 Å². The molecule has 1 fully saturated rings. The molecule has 7 heteroatoms. The maximum Gasteiger partial charge on any atom is 0.226 e. The summed E-state index contributed by atoms with van der Waals surface area (Å²) in [6.45, 7) is 2.86. The largest absolute Gasteiger partial charge is 0.378 e. The van der Waals surface area contributed by atoms with Gasteiger partial charge in [-0.15, -0.1) is 0 Å². The molecule has 7 nitrogen and oxygen atoms in total. The molecule has 4 rings (SSSR count). The number of hydrogen-bond donors (Lipinski definition) is 2. The number of rotatable bonds is 5. The van der Waals surface area contributed by atoms with Crippen LogP contribution < -0.4 is 16.4 Å². The fourth-order valence-electron chi connectivity index (χ4n) is 3.37. The average molecular weight is 364 g/mol. The van der Waals surface area contributed by atoms with E-state index >= 15 is 0 Å². The lowest BCUT2D eigenvalue weighted by Crippen LogP contribution is -2.39. The number of pyridine rings is 1. The molecular formula is C20H24N6O. The van der Waals surface area contributed by atoms with E-state index in [9.17, 15) is 0 Å². The number of ether oxygens (including phenoxy) is 1. The first kappa shape index (κ1) is 17.8. The van der Waals surface area contributed by atoms with Crippen LogP contribution in [0.5, 0.6) is 0 Å². The van der Waals surface area contributed by atoms with Crippen LogP contribution >= 0.6 is 0 Å². The van der Waals surface area contributed by atoms with Crippen LogP contribution in [0.15, 0.2) is 48.8 Å². The summed E-state index contributed by atoms with van der Waals surface area (Å²) in [5.41, 5.74) is 15.8. The molecule has 1 saturated heterocycles. The topological polar surface area (TPSA) is 103 Å². The van der Waals surface area contributed by atoms with Crippen molar-refractivity contribution >= 4 is 16.9 Å². The molecule has 0 saturated carbocycles. The maximum absolute atomic E-state index is 6.57. The van der Waals surface area contributed by atoms with Gasteiger partial charge in [0.25, 0.3) is 0 Å². The van der Waals surface area contributed by atoms with Crippen LogP contribution in [-0.2, 0) is 11.2 Å². The molecule has 0 amide bonds. The second kappa shape index (κ2) is 7.96. The molecule has 0 spiro atoms. The Balaban J connectivity index is 1.68. The van der Waals surface area contributed by atoms with Crippen LogP contribution in [0, 0.1) is 0 Å². The molecule has 1 aromatic carbocycles. The zero-order valence-electron chi connectivity index (χ0n) is 15.2. The van der Waals surface area contributed by atoms with Gasteiger partial charge in [-0.25, -0.2) is 9.97 Å². The first-order valence-corrected chi connectivity index (χ1v) is 9.22. The molecule has 1 aliphatic heterocycles. The van der Waals surface area contributed by atoms with E-state index in [-0.39, 0.29) is 6.04 Å². The Labute approximate surface area is 158 Å². The van der Waals surface area contributed by atoms with Gasteiger partial charge in [-0.3, -0.25) is 4.98 Å². The van der Waals surface area contributed by atoms with Gasteiger partial charge in [0.05, 0.1) is 36.7 Å². The van der Waals surface area contributed by atoms with E-state index in [1.54, 1.807) is 12.4 Å². The third-order valence-corrected chi connectivity index (χ3v) is 4.90. The number of nitrogens with two attached hydrogens (primary N) is 2. The highest BCUT2D eigenvalue weighted by atomic mass is 16.5. The van der Waals surface area contributed by atoms with E-state index in [1.165, 1.54) is 0 Å². The van der Waals surface area contributed by atoms with Crippen molar-refractivity contribution in [3.05, 3.63) is 60.0 Å². The molecule has 2 unspecified atom stereocenters. The average Bonchev–Trinajstić information content (AvgIpc) is 2.73. The Morgan fingerprint density at radius 1 is 1.04 bits per heavy atom. The van der Waals surface area contributed by atoms with Crippen molar-refractivity contribution in [2.24, 2.45) is 11.5 Å². The fraction of sp³-hybridized carbons (Fsp3) is 0.350. The molecule has 0 radical (unpaired) electrons. The van der Waals surface area contributed by atoms with Gasteiger partial charge in [0.1, 0.15) is 0 Å².